The van der Waals surface area contributed by atoms with Crippen molar-refractivity contribution in [2.45, 2.75) is 38.3 Å². The van der Waals surface area contributed by atoms with Crippen LogP contribution in [0.4, 0.5) is 0 Å². The van der Waals surface area contributed by atoms with Crippen molar-refractivity contribution in [2.24, 2.45) is 0 Å². The van der Waals surface area contributed by atoms with E-state index in [0.29, 0.717) is 6.61 Å². The van der Waals surface area contributed by atoms with Crippen LogP contribution >= 0.6 is 22.6 Å². The van der Waals surface area contributed by atoms with Gasteiger partial charge in [-0.3, -0.25) is 4.79 Å². The average molecular weight is 359 g/mol. The standard InChI is InChI=1S/C14H18INO2/c1-14(2)9-12(6-7-18-14)16-13(17)10-4-3-5-11(15)8-10/h3-5,8,12H,6-7,9H2,1-2H3,(H,16,17). The molecule has 1 saturated heterocycles. The van der Waals surface area contributed by atoms with Crippen LogP contribution in [-0.4, -0.2) is 24.2 Å². The normalized spacial score (nSPS) is 22.5. The molecule has 98 valence electrons. The smallest absolute Gasteiger partial charge is 0.251 e. The van der Waals surface area contributed by atoms with E-state index < -0.39 is 0 Å². The van der Waals surface area contributed by atoms with E-state index >= 15 is 0 Å². The predicted octanol–water partition coefficient (Wildman–Crippen LogP) is 2.98. The van der Waals surface area contributed by atoms with Gasteiger partial charge in [-0.1, -0.05) is 6.07 Å². The lowest BCUT2D eigenvalue weighted by molar-refractivity contribution is -0.0615. The molecule has 1 aliphatic heterocycles. The van der Waals surface area contributed by atoms with E-state index in [9.17, 15) is 4.79 Å². The van der Waals surface area contributed by atoms with E-state index in [-0.39, 0.29) is 17.6 Å². The predicted molar refractivity (Wildman–Crippen MR) is 79.7 cm³/mol. The van der Waals surface area contributed by atoms with Crippen molar-refractivity contribution in [3.63, 3.8) is 0 Å². The Morgan fingerprint density at radius 3 is 2.94 bits per heavy atom. The molecule has 0 radical (unpaired) electrons. The monoisotopic (exact) mass is 359 g/mol. The molecule has 1 unspecified atom stereocenters. The number of carbonyl (C=O) groups excluding carboxylic acids is 1. The second-order valence-electron chi connectivity index (χ2n) is 5.28. The summed E-state index contributed by atoms with van der Waals surface area (Å²) in [6, 6.07) is 7.85. The highest BCUT2D eigenvalue weighted by Gasteiger charge is 2.29. The maximum absolute atomic E-state index is 12.1. The van der Waals surface area contributed by atoms with Gasteiger partial charge in [0, 0.05) is 21.8 Å². The van der Waals surface area contributed by atoms with E-state index in [1.54, 1.807) is 0 Å². The average Bonchev–Trinajstić information content (AvgIpc) is 2.27. The lowest BCUT2D eigenvalue weighted by atomic mass is 9.94. The first-order chi connectivity index (χ1) is 8.46. The van der Waals surface area contributed by atoms with Gasteiger partial charge in [-0.25, -0.2) is 0 Å². The Morgan fingerprint density at radius 2 is 2.28 bits per heavy atom. The second-order valence-corrected chi connectivity index (χ2v) is 6.53. The molecule has 1 aromatic rings. The molecule has 1 fully saturated rings. The first kappa shape index (κ1) is 13.8. The molecule has 0 bridgehead atoms. The van der Waals surface area contributed by atoms with Crippen molar-refractivity contribution < 1.29 is 9.53 Å². The lowest BCUT2D eigenvalue weighted by Gasteiger charge is -2.35. The third kappa shape index (κ3) is 3.68. The molecular weight excluding hydrogens is 341 g/mol. The molecule has 4 heteroatoms. The van der Waals surface area contributed by atoms with Crippen LogP contribution in [-0.2, 0) is 4.74 Å². The van der Waals surface area contributed by atoms with Crippen LogP contribution in [0.3, 0.4) is 0 Å². The van der Waals surface area contributed by atoms with Crippen LogP contribution in [0.5, 0.6) is 0 Å². The fourth-order valence-corrected chi connectivity index (χ4v) is 2.80. The number of hydrogen-bond donors (Lipinski definition) is 1. The van der Waals surface area contributed by atoms with Crippen molar-refractivity contribution in [1.29, 1.82) is 0 Å². The minimum atomic E-state index is -0.138. The molecule has 0 aliphatic carbocycles. The van der Waals surface area contributed by atoms with Gasteiger partial charge in [0.25, 0.3) is 5.91 Å². The van der Waals surface area contributed by atoms with Gasteiger partial charge in [-0.2, -0.15) is 0 Å². The molecule has 1 heterocycles. The van der Waals surface area contributed by atoms with E-state index in [2.05, 4.69) is 41.8 Å². The molecule has 1 N–H and O–H groups in total. The largest absolute Gasteiger partial charge is 0.375 e. The van der Waals surface area contributed by atoms with Crippen molar-refractivity contribution in [1.82, 2.24) is 5.32 Å². The SMILES string of the molecule is CC1(C)CC(NC(=O)c2cccc(I)c2)CCO1. The fraction of sp³-hybridized carbons (Fsp3) is 0.500. The first-order valence-electron chi connectivity index (χ1n) is 6.17. The van der Waals surface area contributed by atoms with Gasteiger partial charge in [-0.15, -0.1) is 0 Å². The number of benzene rings is 1. The van der Waals surface area contributed by atoms with Crippen LogP contribution in [0.1, 0.15) is 37.0 Å². The molecule has 1 aliphatic rings. The number of carbonyl (C=O) groups is 1. The summed E-state index contributed by atoms with van der Waals surface area (Å²) in [5, 5.41) is 3.10. The van der Waals surface area contributed by atoms with Crippen LogP contribution in [0.2, 0.25) is 0 Å². The first-order valence-corrected chi connectivity index (χ1v) is 7.24. The minimum Gasteiger partial charge on any atom is -0.375 e. The summed E-state index contributed by atoms with van der Waals surface area (Å²) in [6.45, 7) is 4.85. The Labute approximate surface area is 121 Å². The Bertz CT molecular complexity index is 445. The zero-order valence-electron chi connectivity index (χ0n) is 10.7. The molecule has 1 aromatic carbocycles. The Balaban J connectivity index is 1.99. The Hall–Kier alpha value is -0.620. The summed E-state index contributed by atoms with van der Waals surface area (Å²) in [5.41, 5.74) is 0.590. The molecule has 0 aromatic heterocycles. The summed E-state index contributed by atoms with van der Waals surface area (Å²) in [6.07, 6.45) is 1.75. The third-order valence-corrected chi connectivity index (χ3v) is 3.79. The lowest BCUT2D eigenvalue weighted by Crippen LogP contribution is -2.45. The maximum atomic E-state index is 12.1. The van der Waals surface area contributed by atoms with Crippen LogP contribution < -0.4 is 5.32 Å². The number of hydrogen-bond acceptors (Lipinski definition) is 2. The van der Waals surface area contributed by atoms with E-state index in [1.807, 2.05) is 24.3 Å². The molecule has 1 atom stereocenters. The highest BCUT2D eigenvalue weighted by molar-refractivity contribution is 14.1. The molecule has 0 saturated carbocycles. The number of halogens is 1. The molecule has 0 spiro atoms. The van der Waals surface area contributed by atoms with Gasteiger partial charge in [-0.05, 0) is 67.5 Å². The van der Waals surface area contributed by atoms with E-state index in [0.717, 1.165) is 22.0 Å². The van der Waals surface area contributed by atoms with Gasteiger partial charge >= 0.3 is 0 Å². The number of amides is 1. The summed E-state index contributed by atoms with van der Waals surface area (Å²) < 4.78 is 6.73. The third-order valence-electron chi connectivity index (χ3n) is 3.12. The summed E-state index contributed by atoms with van der Waals surface area (Å²) >= 11 is 2.22. The van der Waals surface area contributed by atoms with Gasteiger partial charge < -0.3 is 10.1 Å². The van der Waals surface area contributed by atoms with Gasteiger partial charge in [0.05, 0.1) is 5.60 Å². The molecule has 1 amide bonds. The number of ether oxygens (including phenoxy) is 1. The number of rotatable bonds is 2. The highest BCUT2D eigenvalue weighted by Crippen LogP contribution is 2.24. The Kier molecular flexibility index (Phi) is 4.27. The van der Waals surface area contributed by atoms with E-state index in [1.165, 1.54) is 0 Å². The summed E-state index contributed by atoms with van der Waals surface area (Å²) in [4.78, 5) is 12.1. The van der Waals surface area contributed by atoms with Crippen molar-refractivity contribution in [3.8, 4) is 0 Å². The molecule has 3 nitrogen and oxygen atoms in total. The van der Waals surface area contributed by atoms with Gasteiger partial charge in [0.2, 0.25) is 0 Å². The van der Waals surface area contributed by atoms with Crippen LogP contribution in [0, 0.1) is 3.57 Å². The fourth-order valence-electron chi connectivity index (χ4n) is 2.25. The van der Waals surface area contributed by atoms with Gasteiger partial charge in [0.1, 0.15) is 0 Å². The van der Waals surface area contributed by atoms with Crippen molar-refractivity contribution >= 4 is 28.5 Å². The van der Waals surface area contributed by atoms with Crippen LogP contribution in [0.15, 0.2) is 24.3 Å². The summed E-state index contributed by atoms with van der Waals surface area (Å²) in [5.74, 6) is 0.0104. The Morgan fingerprint density at radius 1 is 1.50 bits per heavy atom. The maximum Gasteiger partial charge on any atom is 0.251 e. The zero-order chi connectivity index (χ0) is 13.2. The van der Waals surface area contributed by atoms with Crippen molar-refractivity contribution in [3.05, 3.63) is 33.4 Å². The quantitative estimate of drug-likeness (QED) is 0.825. The van der Waals surface area contributed by atoms with Gasteiger partial charge in [0.15, 0.2) is 0 Å². The topological polar surface area (TPSA) is 38.3 Å². The molecule has 2 rings (SSSR count). The zero-order valence-corrected chi connectivity index (χ0v) is 12.9. The molecule has 18 heavy (non-hydrogen) atoms. The second kappa shape index (κ2) is 5.57. The molecular formula is C14H18INO2. The minimum absolute atomic E-state index is 0.0104. The van der Waals surface area contributed by atoms with E-state index in [4.69, 9.17) is 4.74 Å². The highest BCUT2D eigenvalue weighted by atomic mass is 127. The van der Waals surface area contributed by atoms with Crippen LogP contribution in [0.25, 0.3) is 0 Å². The summed E-state index contributed by atoms with van der Waals surface area (Å²) in [7, 11) is 0. The van der Waals surface area contributed by atoms with Crippen molar-refractivity contribution in [2.75, 3.05) is 6.61 Å². The number of nitrogens with one attached hydrogen (secondary N) is 1.